The van der Waals surface area contributed by atoms with Gasteiger partial charge in [-0.1, -0.05) is 29.3 Å². The van der Waals surface area contributed by atoms with Gasteiger partial charge in [0.05, 0.1) is 0 Å². The fourth-order valence-electron chi connectivity index (χ4n) is 3.32. The van der Waals surface area contributed by atoms with Gasteiger partial charge in [-0.15, -0.1) is 0 Å². The standard InChI is InChI=1S/C14H16/c1-8-5-4-6-11-12-7-13(14(8)11)10(3)9(12)2/h4-6,12-13H,7H2,1-3H3/t12-,13+/m0/s1. The molecule has 0 nitrogen and oxygen atoms in total. The highest BCUT2D eigenvalue weighted by Crippen LogP contribution is 2.56. The molecule has 14 heavy (non-hydrogen) atoms. The summed E-state index contributed by atoms with van der Waals surface area (Å²) in [4.78, 5) is 0. The van der Waals surface area contributed by atoms with Crippen molar-refractivity contribution in [2.45, 2.75) is 39.0 Å². The first-order valence-electron chi connectivity index (χ1n) is 5.47. The molecule has 2 bridgehead atoms. The summed E-state index contributed by atoms with van der Waals surface area (Å²) in [5.74, 6) is 1.49. The molecule has 0 saturated carbocycles. The Hall–Kier alpha value is -1.04. The average molecular weight is 184 g/mol. The third-order valence-electron chi connectivity index (χ3n) is 4.22. The van der Waals surface area contributed by atoms with Gasteiger partial charge in [0.25, 0.3) is 0 Å². The lowest BCUT2D eigenvalue weighted by molar-refractivity contribution is 0.772. The van der Waals surface area contributed by atoms with Gasteiger partial charge in [0.1, 0.15) is 0 Å². The van der Waals surface area contributed by atoms with Crippen LogP contribution in [0.2, 0.25) is 0 Å². The van der Waals surface area contributed by atoms with Gasteiger partial charge in [-0.25, -0.2) is 0 Å². The van der Waals surface area contributed by atoms with Crippen molar-refractivity contribution in [3.63, 3.8) is 0 Å². The van der Waals surface area contributed by atoms with Gasteiger partial charge in [0.2, 0.25) is 0 Å². The van der Waals surface area contributed by atoms with Crippen LogP contribution in [-0.2, 0) is 0 Å². The summed E-state index contributed by atoms with van der Waals surface area (Å²) in [6.07, 6.45) is 1.35. The van der Waals surface area contributed by atoms with Crippen molar-refractivity contribution in [3.05, 3.63) is 46.0 Å². The molecule has 0 N–H and O–H groups in total. The Balaban J connectivity index is 2.26. The Bertz CT molecular complexity index is 437. The minimum absolute atomic E-state index is 0.745. The van der Waals surface area contributed by atoms with Crippen LogP contribution in [0.4, 0.5) is 0 Å². The van der Waals surface area contributed by atoms with Crippen molar-refractivity contribution in [3.8, 4) is 0 Å². The first kappa shape index (κ1) is 8.28. The highest BCUT2D eigenvalue weighted by Gasteiger charge is 2.40. The van der Waals surface area contributed by atoms with Crippen LogP contribution in [0.3, 0.4) is 0 Å². The van der Waals surface area contributed by atoms with Gasteiger partial charge in [-0.3, -0.25) is 0 Å². The number of hydrogen-bond donors (Lipinski definition) is 0. The molecule has 0 amide bonds. The van der Waals surface area contributed by atoms with Crippen LogP contribution in [-0.4, -0.2) is 0 Å². The molecule has 3 rings (SSSR count). The first-order valence-corrected chi connectivity index (χ1v) is 5.47. The van der Waals surface area contributed by atoms with E-state index in [2.05, 4.69) is 39.0 Å². The van der Waals surface area contributed by atoms with Crippen LogP contribution >= 0.6 is 0 Å². The number of aryl methyl sites for hydroxylation is 1. The Labute approximate surface area is 85.6 Å². The molecule has 0 aromatic heterocycles. The van der Waals surface area contributed by atoms with E-state index >= 15 is 0 Å². The van der Waals surface area contributed by atoms with Crippen LogP contribution in [0.1, 0.15) is 48.8 Å². The summed E-state index contributed by atoms with van der Waals surface area (Å²) in [7, 11) is 0. The van der Waals surface area contributed by atoms with Crippen molar-refractivity contribution in [1.82, 2.24) is 0 Å². The fraction of sp³-hybridized carbons (Fsp3) is 0.429. The molecule has 1 aromatic carbocycles. The van der Waals surface area contributed by atoms with Gasteiger partial charge >= 0.3 is 0 Å². The quantitative estimate of drug-likeness (QED) is 0.536. The molecular formula is C14H16. The Kier molecular flexibility index (Phi) is 1.48. The lowest BCUT2D eigenvalue weighted by Gasteiger charge is -2.20. The van der Waals surface area contributed by atoms with Gasteiger partial charge in [-0.2, -0.15) is 0 Å². The monoisotopic (exact) mass is 184 g/mol. The Morgan fingerprint density at radius 3 is 2.50 bits per heavy atom. The third-order valence-corrected chi connectivity index (χ3v) is 4.22. The van der Waals surface area contributed by atoms with Crippen molar-refractivity contribution < 1.29 is 0 Å². The van der Waals surface area contributed by atoms with Crippen LogP contribution in [0, 0.1) is 6.92 Å². The molecule has 72 valence electrons. The van der Waals surface area contributed by atoms with E-state index in [9.17, 15) is 0 Å². The zero-order valence-electron chi connectivity index (χ0n) is 9.09. The van der Waals surface area contributed by atoms with E-state index in [-0.39, 0.29) is 0 Å². The predicted octanol–water partition coefficient (Wildman–Crippen LogP) is 3.92. The number of allylic oxidation sites excluding steroid dienone is 2. The minimum Gasteiger partial charge on any atom is -0.0662 e. The maximum atomic E-state index is 2.32. The molecule has 1 aromatic rings. The predicted molar refractivity (Wildman–Crippen MR) is 59.7 cm³/mol. The van der Waals surface area contributed by atoms with Crippen molar-refractivity contribution in [1.29, 1.82) is 0 Å². The second-order valence-corrected chi connectivity index (χ2v) is 4.78. The minimum atomic E-state index is 0.745. The summed E-state index contributed by atoms with van der Waals surface area (Å²) < 4.78 is 0. The molecule has 0 fully saturated rings. The SMILES string of the molecule is CC1=C(C)[C@@H]2C[C@H]1c1c(C)cccc12. The van der Waals surface area contributed by atoms with E-state index in [1.54, 1.807) is 22.3 Å². The average Bonchev–Trinajstić information content (AvgIpc) is 2.67. The largest absolute Gasteiger partial charge is 0.0662 e. The molecule has 2 atom stereocenters. The maximum Gasteiger partial charge on any atom is 0.00626 e. The summed E-state index contributed by atoms with van der Waals surface area (Å²) in [6.45, 7) is 6.88. The lowest BCUT2D eigenvalue weighted by Crippen LogP contribution is -2.02. The number of hydrogen-bond acceptors (Lipinski definition) is 0. The highest BCUT2D eigenvalue weighted by molar-refractivity contribution is 5.56. The van der Waals surface area contributed by atoms with Crippen LogP contribution < -0.4 is 0 Å². The van der Waals surface area contributed by atoms with Gasteiger partial charge < -0.3 is 0 Å². The molecule has 0 aliphatic heterocycles. The van der Waals surface area contributed by atoms with Crippen molar-refractivity contribution >= 4 is 0 Å². The van der Waals surface area contributed by atoms with Crippen LogP contribution in [0.25, 0.3) is 0 Å². The molecule has 0 heterocycles. The first-order chi connectivity index (χ1) is 6.70. The normalized spacial score (nSPS) is 28.5. The van der Waals surface area contributed by atoms with E-state index in [4.69, 9.17) is 0 Å². The van der Waals surface area contributed by atoms with Gasteiger partial charge in [0.15, 0.2) is 0 Å². The fourth-order valence-corrected chi connectivity index (χ4v) is 3.32. The lowest BCUT2D eigenvalue weighted by atomic mass is 9.85. The van der Waals surface area contributed by atoms with Crippen LogP contribution in [0.15, 0.2) is 29.3 Å². The molecule has 0 radical (unpaired) electrons. The zero-order chi connectivity index (χ0) is 9.87. The molecule has 0 unspecified atom stereocenters. The third kappa shape index (κ3) is 0.796. The maximum absolute atomic E-state index is 2.32. The Morgan fingerprint density at radius 2 is 1.71 bits per heavy atom. The van der Waals surface area contributed by atoms with Crippen LogP contribution in [0.5, 0.6) is 0 Å². The second-order valence-electron chi connectivity index (χ2n) is 4.78. The number of fused-ring (bicyclic) bond motifs is 5. The van der Waals surface area contributed by atoms with E-state index in [0.717, 1.165) is 11.8 Å². The van der Waals surface area contributed by atoms with Gasteiger partial charge in [0, 0.05) is 11.8 Å². The summed E-state index contributed by atoms with van der Waals surface area (Å²) in [6, 6.07) is 6.78. The van der Waals surface area contributed by atoms with E-state index < -0.39 is 0 Å². The number of rotatable bonds is 0. The smallest absolute Gasteiger partial charge is 0.00626 e. The van der Waals surface area contributed by atoms with Crippen molar-refractivity contribution in [2.24, 2.45) is 0 Å². The highest BCUT2D eigenvalue weighted by atomic mass is 14.4. The molecule has 0 spiro atoms. The molecule has 0 heteroatoms. The summed E-state index contributed by atoms with van der Waals surface area (Å²) >= 11 is 0. The second kappa shape index (κ2) is 2.50. The topological polar surface area (TPSA) is 0 Å². The molecule has 2 aliphatic rings. The Morgan fingerprint density at radius 1 is 1.00 bits per heavy atom. The molecule has 0 saturated heterocycles. The van der Waals surface area contributed by atoms with Crippen molar-refractivity contribution in [2.75, 3.05) is 0 Å². The molecular weight excluding hydrogens is 168 g/mol. The molecule has 2 aliphatic carbocycles. The number of benzene rings is 1. The zero-order valence-corrected chi connectivity index (χ0v) is 9.09. The summed E-state index contributed by atoms with van der Waals surface area (Å²) in [5, 5.41) is 0. The summed E-state index contributed by atoms with van der Waals surface area (Å²) in [5.41, 5.74) is 8.01. The van der Waals surface area contributed by atoms with E-state index in [0.29, 0.717) is 0 Å². The van der Waals surface area contributed by atoms with Gasteiger partial charge in [-0.05, 0) is 43.9 Å². The van der Waals surface area contributed by atoms with E-state index in [1.165, 1.54) is 12.0 Å². The van der Waals surface area contributed by atoms with E-state index in [1.807, 2.05) is 0 Å².